The summed E-state index contributed by atoms with van der Waals surface area (Å²) in [6.45, 7) is 1.39. The van der Waals surface area contributed by atoms with Crippen LogP contribution < -0.4 is 0 Å². The molecule has 0 aromatic carbocycles. The summed E-state index contributed by atoms with van der Waals surface area (Å²) in [4.78, 5) is 16.7. The van der Waals surface area contributed by atoms with Crippen molar-refractivity contribution in [1.29, 1.82) is 0 Å². The summed E-state index contributed by atoms with van der Waals surface area (Å²) in [5.41, 5.74) is 0. The maximum atomic E-state index is 8.36. The molecule has 0 bridgehead atoms. The van der Waals surface area contributed by atoms with E-state index in [4.69, 9.17) is 40.9 Å². The summed E-state index contributed by atoms with van der Waals surface area (Å²) < 4.78 is 0. The van der Waals surface area contributed by atoms with Gasteiger partial charge in [-0.2, -0.15) is 0 Å². The van der Waals surface area contributed by atoms with Crippen LogP contribution in [0.4, 0.5) is 0 Å². The molecule has 80 valence electrons. The van der Waals surface area contributed by atoms with Gasteiger partial charge in [-0.25, -0.2) is 0 Å². The number of aliphatic hydroxyl groups excluding tert-OH is 2. The molecule has 0 rings (SSSR count). The summed E-state index contributed by atoms with van der Waals surface area (Å²) in [5.74, 6) is 0. The molecule has 0 spiro atoms. The summed E-state index contributed by atoms with van der Waals surface area (Å²) in [6.07, 6.45) is -0.560. The van der Waals surface area contributed by atoms with E-state index in [2.05, 4.69) is 0 Å². The predicted molar refractivity (Wildman–Crippen MR) is 36.3 cm³/mol. The zero-order valence-electron chi connectivity index (χ0n) is 6.60. The van der Waals surface area contributed by atoms with Crippen LogP contribution in [0, 0.1) is 20.2 Å². The van der Waals surface area contributed by atoms with E-state index in [0.717, 1.165) is 0 Å². The van der Waals surface area contributed by atoms with Crippen molar-refractivity contribution in [2.75, 3.05) is 6.61 Å². The fourth-order valence-electron chi connectivity index (χ4n) is 0. The molecule has 0 aliphatic rings. The molecule has 0 heterocycles. The highest BCUT2D eigenvalue weighted by molar-refractivity contribution is 4.34. The van der Waals surface area contributed by atoms with E-state index in [-0.39, 0.29) is 6.61 Å². The van der Waals surface area contributed by atoms with Gasteiger partial charge in [0.1, 0.15) is 0 Å². The monoisotopic (exact) mass is 202 g/mol. The lowest BCUT2D eigenvalue weighted by Gasteiger charge is -1.90. The summed E-state index contributed by atoms with van der Waals surface area (Å²) in [5, 5.41) is 43.3. The maximum absolute atomic E-state index is 8.36. The van der Waals surface area contributed by atoms with Crippen LogP contribution in [0.25, 0.3) is 0 Å². The lowest BCUT2D eigenvalue weighted by molar-refractivity contribution is -0.742. The molecule has 0 unspecified atom stereocenters. The minimum atomic E-state index is -1.50. The first-order valence-corrected chi connectivity index (χ1v) is 2.69. The van der Waals surface area contributed by atoms with Crippen LogP contribution in [0.1, 0.15) is 6.92 Å². The minimum Gasteiger partial charge on any atom is -0.394 e. The third kappa shape index (κ3) is 6980. The molecule has 0 saturated heterocycles. The van der Waals surface area contributed by atoms with Gasteiger partial charge in [-0.1, -0.05) is 0 Å². The van der Waals surface area contributed by atoms with E-state index in [1.165, 1.54) is 6.92 Å². The fraction of sp³-hybridized carbons (Fsp3) is 1.00. The normalized spacial score (nSPS) is 9.46. The van der Waals surface area contributed by atoms with Crippen LogP contribution in [0.5, 0.6) is 0 Å². The van der Waals surface area contributed by atoms with Crippen molar-refractivity contribution >= 4 is 0 Å². The topological polar surface area (TPSA) is 167 Å². The molecule has 13 heavy (non-hydrogen) atoms. The Kier molecular flexibility index (Phi) is 17.3. The van der Waals surface area contributed by atoms with Crippen molar-refractivity contribution in [2.24, 2.45) is 0 Å². The van der Waals surface area contributed by atoms with Crippen molar-refractivity contribution in [3.8, 4) is 0 Å². The van der Waals surface area contributed by atoms with Gasteiger partial charge in [0, 0.05) is 0 Å². The third-order valence-electron chi connectivity index (χ3n) is 0.264. The molecule has 10 heteroatoms. The van der Waals surface area contributed by atoms with Gasteiger partial charge in [-0.05, 0) is 6.92 Å². The van der Waals surface area contributed by atoms with E-state index in [9.17, 15) is 0 Å². The molecule has 0 fully saturated rings. The number of aliphatic hydroxyl groups is 2. The first-order chi connectivity index (χ1) is 5.73. The van der Waals surface area contributed by atoms with Crippen molar-refractivity contribution < 1.29 is 30.8 Å². The number of hydrogen-bond acceptors (Lipinski definition) is 6. The van der Waals surface area contributed by atoms with E-state index in [0.29, 0.717) is 0 Å². The van der Waals surface area contributed by atoms with Gasteiger partial charge >= 0.3 is 0 Å². The van der Waals surface area contributed by atoms with Crippen LogP contribution in [0.15, 0.2) is 0 Å². The van der Waals surface area contributed by atoms with Crippen LogP contribution >= 0.6 is 0 Å². The van der Waals surface area contributed by atoms with E-state index in [1.54, 1.807) is 0 Å². The number of nitrogens with zero attached hydrogens (tertiary/aromatic N) is 2. The zero-order valence-corrected chi connectivity index (χ0v) is 6.60. The van der Waals surface area contributed by atoms with E-state index >= 15 is 0 Å². The molecule has 1 atom stereocenters. The summed E-state index contributed by atoms with van der Waals surface area (Å²) in [6, 6.07) is 0. The van der Waals surface area contributed by atoms with Gasteiger partial charge in [-0.15, -0.1) is 20.2 Å². The highest BCUT2D eigenvalue weighted by atomic mass is 16.9. The molecule has 4 N–H and O–H groups in total. The lowest BCUT2D eigenvalue weighted by Crippen LogP contribution is -2.03. The Bertz CT molecular complexity index is 115. The van der Waals surface area contributed by atoms with Crippen molar-refractivity contribution in [3.05, 3.63) is 20.2 Å². The quantitative estimate of drug-likeness (QED) is 0.299. The van der Waals surface area contributed by atoms with Crippen LogP contribution in [-0.4, -0.2) is 43.5 Å². The second-order valence-electron chi connectivity index (χ2n) is 1.51. The first-order valence-electron chi connectivity index (χ1n) is 2.69. The Morgan fingerprint density at radius 2 is 1.31 bits per heavy atom. The highest BCUT2D eigenvalue weighted by Crippen LogP contribution is 1.68. The average molecular weight is 202 g/mol. The molecule has 10 nitrogen and oxygen atoms in total. The Morgan fingerprint density at radius 3 is 1.31 bits per heavy atom. The number of rotatable bonds is 1. The average Bonchev–Trinajstić information content (AvgIpc) is 1.84. The van der Waals surface area contributed by atoms with Crippen LogP contribution in [0.2, 0.25) is 0 Å². The fourth-order valence-corrected chi connectivity index (χ4v) is 0. The second kappa shape index (κ2) is 12.9. The molecule has 0 aromatic heterocycles. The van der Waals surface area contributed by atoms with Gasteiger partial charge in [0.25, 0.3) is 10.2 Å². The van der Waals surface area contributed by atoms with Gasteiger partial charge in [0.2, 0.25) is 0 Å². The zero-order chi connectivity index (χ0) is 11.4. The van der Waals surface area contributed by atoms with E-state index in [1.807, 2.05) is 0 Å². The molecule has 0 aliphatic heterocycles. The van der Waals surface area contributed by atoms with Crippen molar-refractivity contribution in [3.63, 3.8) is 0 Å². The highest BCUT2D eigenvalue weighted by Gasteiger charge is 1.83. The maximum Gasteiger partial charge on any atom is 0.291 e. The summed E-state index contributed by atoms with van der Waals surface area (Å²) >= 11 is 0. The molecule has 0 aromatic rings. The van der Waals surface area contributed by atoms with Crippen molar-refractivity contribution in [1.82, 2.24) is 0 Å². The molecular formula is C3H10N2O8. The summed E-state index contributed by atoms with van der Waals surface area (Å²) in [7, 11) is 0. The van der Waals surface area contributed by atoms with Gasteiger partial charge in [0.15, 0.2) is 0 Å². The van der Waals surface area contributed by atoms with Gasteiger partial charge < -0.3 is 20.6 Å². The largest absolute Gasteiger partial charge is 0.394 e. The standard InChI is InChI=1S/C3H8O2.2HNO3/c1-3(5)2-4;2*2-1(3)4/h3-5H,2H2,1H3;2*(H,2,3,4)/t3-;;/m0../s1. The smallest absolute Gasteiger partial charge is 0.291 e. The molecule has 0 saturated carbocycles. The molecule has 0 amide bonds. The van der Waals surface area contributed by atoms with Crippen LogP contribution in [-0.2, 0) is 0 Å². The molecule has 0 aliphatic carbocycles. The molecule has 0 radical (unpaired) electrons. The molecular weight excluding hydrogens is 192 g/mol. The minimum absolute atomic E-state index is 0.139. The Hall–Kier alpha value is -1.68. The Balaban J connectivity index is -0.000000117. The third-order valence-corrected chi connectivity index (χ3v) is 0.264. The van der Waals surface area contributed by atoms with Gasteiger partial charge in [-0.3, -0.25) is 0 Å². The van der Waals surface area contributed by atoms with Crippen LogP contribution in [0.3, 0.4) is 0 Å². The Labute approximate surface area is 71.9 Å². The van der Waals surface area contributed by atoms with Crippen molar-refractivity contribution in [2.45, 2.75) is 13.0 Å². The second-order valence-corrected chi connectivity index (χ2v) is 1.51. The Morgan fingerprint density at radius 1 is 1.23 bits per heavy atom. The first kappa shape index (κ1) is 17.4. The van der Waals surface area contributed by atoms with E-state index < -0.39 is 16.3 Å². The lowest BCUT2D eigenvalue weighted by atomic mass is 10.5. The van der Waals surface area contributed by atoms with Gasteiger partial charge in [0.05, 0.1) is 12.7 Å². The predicted octanol–water partition coefficient (Wildman–Crippen LogP) is -1.34. The SMILES string of the molecule is C[C@H](O)CO.O=[N+]([O-])O.O=[N+]([O-])O. The number of hydrogen-bond donors (Lipinski definition) is 4.